The second-order valence-corrected chi connectivity index (χ2v) is 16.3. The van der Waals surface area contributed by atoms with Gasteiger partial charge in [0.2, 0.25) is 8.32 Å². The molecule has 0 aromatic heterocycles. The third kappa shape index (κ3) is 4.53. The van der Waals surface area contributed by atoms with Crippen LogP contribution in [0.2, 0.25) is 6.04 Å². The topological polar surface area (TPSA) is 9.23 Å². The van der Waals surface area contributed by atoms with E-state index >= 15 is 0 Å². The van der Waals surface area contributed by atoms with Gasteiger partial charge in [-0.25, -0.2) is 0 Å². The van der Waals surface area contributed by atoms with Crippen LogP contribution in [0.4, 0.5) is 0 Å². The number of hydrogen-bond donors (Lipinski definition) is 0. The molecule has 0 aliphatic carbocycles. The monoisotopic (exact) mass is 499 g/mol. The lowest BCUT2D eigenvalue weighted by Crippen LogP contribution is -2.77. The van der Waals surface area contributed by atoms with E-state index in [1.807, 2.05) is 0 Å². The third-order valence-electron chi connectivity index (χ3n) is 6.88. The zero-order chi connectivity index (χ0) is 24.7. The van der Waals surface area contributed by atoms with Gasteiger partial charge in [-0.3, -0.25) is 0 Å². The van der Waals surface area contributed by atoms with Gasteiger partial charge < -0.3 is 4.12 Å². The Morgan fingerprint density at radius 3 is 0.972 bits per heavy atom. The van der Waals surface area contributed by atoms with E-state index in [2.05, 4.69) is 159 Å². The molecule has 0 aliphatic rings. The number of rotatable bonds is 9. The maximum Gasteiger partial charge on any atom is 0.278 e. The molecule has 5 aromatic carbocycles. The highest BCUT2D eigenvalue weighted by Crippen LogP contribution is 2.22. The summed E-state index contributed by atoms with van der Waals surface area (Å²) in [7, 11) is -5.66. The van der Waals surface area contributed by atoms with Crippen molar-refractivity contribution in [3.05, 3.63) is 159 Å². The highest BCUT2D eigenvalue weighted by Gasteiger charge is 2.51. The van der Waals surface area contributed by atoms with Crippen molar-refractivity contribution in [2.45, 2.75) is 12.5 Å². The molecule has 0 saturated heterocycles. The van der Waals surface area contributed by atoms with Crippen LogP contribution in [0.1, 0.15) is 6.42 Å². The van der Waals surface area contributed by atoms with E-state index in [9.17, 15) is 0 Å². The highest BCUT2D eigenvalue weighted by molar-refractivity contribution is 7.14. The molecule has 0 atom stereocenters. The van der Waals surface area contributed by atoms with E-state index in [4.69, 9.17) is 4.12 Å². The Labute approximate surface area is 217 Å². The molecule has 3 heteroatoms. The van der Waals surface area contributed by atoms with Crippen LogP contribution < -0.4 is 25.9 Å². The van der Waals surface area contributed by atoms with Gasteiger partial charge in [0.15, 0.2) is 0 Å². The molecular formula is C33H31OSi2. The first-order chi connectivity index (χ1) is 17.8. The highest BCUT2D eigenvalue weighted by atomic mass is 28.4. The predicted octanol–water partition coefficient (Wildman–Crippen LogP) is 4.65. The van der Waals surface area contributed by atoms with Gasteiger partial charge in [-0.2, -0.15) is 0 Å². The summed E-state index contributed by atoms with van der Waals surface area (Å²) < 4.78 is 8.03. The van der Waals surface area contributed by atoms with Crippen molar-refractivity contribution in [3.8, 4) is 0 Å². The van der Waals surface area contributed by atoms with E-state index < -0.39 is 16.6 Å². The van der Waals surface area contributed by atoms with Crippen LogP contribution in [-0.4, -0.2) is 16.6 Å². The quantitative estimate of drug-likeness (QED) is 0.212. The van der Waals surface area contributed by atoms with E-state index in [0.717, 1.165) is 12.5 Å². The summed E-state index contributed by atoms with van der Waals surface area (Å²) in [6.07, 6.45) is 0.804. The standard InChI is InChI=1S/C33H31OSi2/c1-2-28-35(29-18-8-3-9-19-29,30-20-10-4-11-21-30)34-36(31-22-12-5-13-23-31,32-24-14-6-15-25-32)33-26-16-7-17-27-33/h3-27H,1-2,28H2. The van der Waals surface area contributed by atoms with Gasteiger partial charge in [0, 0.05) is 0 Å². The average molecular weight is 500 g/mol. The summed E-state index contributed by atoms with van der Waals surface area (Å²) in [5, 5.41) is 6.36. The van der Waals surface area contributed by atoms with Crippen LogP contribution in [-0.2, 0) is 4.12 Å². The Morgan fingerprint density at radius 2 is 0.694 bits per heavy atom. The van der Waals surface area contributed by atoms with Crippen LogP contribution in [0.15, 0.2) is 152 Å². The summed E-state index contributed by atoms with van der Waals surface area (Å²) in [5.41, 5.74) is 0. The Hall–Kier alpha value is -3.51. The van der Waals surface area contributed by atoms with Crippen molar-refractivity contribution < 1.29 is 4.12 Å². The van der Waals surface area contributed by atoms with Crippen LogP contribution >= 0.6 is 0 Å². The number of benzene rings is 5. The molecule has 177 valence electrons. The van der Waals surface area contributed by atoms with E-state index in [1.54, 1.807) is 0 Å². The predicted molar refractivity (Wildman–Crippen MR) is 158 cm³/mol. The van der Waals surface area contributed by atoms with E-state index in [1.165, 1.54) is 25.9 Å². The molecule has 0 aliphatic heterocycles. The molecule has 0 unspecified atom stereocenters. The molecule has 0 bridgehead atoms. The zero-order valence-electron chi connectivity index (χ0n) is 20.5. The van der Waals surface area contributed by atoms with Crippen molar-refractivity contribution in [3.63, 3.8) is 0 Å². The fraction of sp³-hybridized carbons (Fsp3) is 0.0606. The minimum Gasteiger partial charge on any atom is -0.439 e. The zero-order valence-corrected chi connectivity index (χ0v) is 22.5. The third-order valence-corrected chi connectivity index (χ3v) is 16.5. The summed E-state index contributed by atoms with van der Waals surface area (Å²) >= 11 is 0. The fourth-order valence-electron chi connectivity index (χ4n) is 5.24. The van der Waals surface area contributed by atoms with Crippen LogP contribution in [0.5, 0.6) is 0 Å². The lowest BCUT2D eigenvalue weighted by atomic mass is 10.3. The van der Waals surface area contributed by atoms with Gasteiger partial charge >= 0.3 is 0 Å². The first-order valence-electron chi connectivity index (χ1n) is 12.6. The Balaban J connectivity index is 1.87. The van der Waals surface area contributed by atoms with Crippen LogP contribution in [0.3, 0.4) is 0 Å². The first kappa shape index (κ1) is 24.2. The first-order valence-corrected chi connectivity index (χ1v) is 16.6. The van der Waals surface area contributed by atoms with Gasteiger partial charge in [-0.15, -0.1) is 0 Å². The SMILES string of the molecule is [CH2]CC[Si](O[Si](c1ccccc1)(c1ccccc1)c1ccccc1)(c1ccccc1)c1ccccc1. The molecule has 0 saturated carbocycles. The van der Waals surface area contributed by atoms with E-state index in [0.29, 0.717) is 0 Å². The minimum absolute atomic E-state index is 0.804. The molecule has 1 radical (unpaired) electrons. The number of hydrogen-bond acceptors (Lipinski definition) is 1. The molecule has 0 amide bonds. The van der Waals surface area contributed by atoms with Gasteiger partial charge in [0.05, 0.1) is 0 Å². The maximum absolute atomic E-state index is 8.03. The molecular weight excluding hydrogens is 469 g/mol. The van der Waals surface area contributed by atoms with Crippen molar-refractivity contribution in [1.29, 1.82) is 0 Å². The molecule has 5 aromatic rings. The fourth-order valence-corrected chi connectivity index (χ4v) is 16.0. The maximum atomic E-state index is 8.03. The van der Waals surface area contributed by atoms with Crippen molar-refractivity contribution in [2.75, 3.05) is 0 Å². The van der Waals surface area contributed by atoms with Gasteiger partial charge in [0.1, 0.15) is 0 Å². The van der Waals surface area contributed by atoms with Gasteiger partial charge in [-0.1, -0.05) is 165 Å². The molecule has 36 heavy (non-hydrogen) atoms. The van der Waals surface area contributed by atoms with Crippen molar-refractivity contribution >= 4 is 42.6 Å². The van der Waals surface area contributed by atoms with E-state index in [-0.39, 0.29) is 0 Å². The van der Waals surface area contributed by atoms with Crippen LogP contribution in [0, 0.1) is 6.92 Å². The summed E-state index contributed by atoms with van der Waals surface area (Å²) in [4.78, 5) is 0. The largest absolute Gasteiger partial charge is 0.439 e. The molecule has 0 fully saturated rings. The minimum atomic E-state index is -2.93. The summed E-state index contributed by atoms with van der Waals surface area (Å²) in [6, 6.07) is 55.3. The Morgan fingerprint density at radius 1 is 0.417 bits per heavy atom. The molecule has 1 nitrogen and oxygen atoms in total. The van der Waals surface area contributed by atoms with Crippen molar-refractivity contribution in [2.24, 2.45) is 0 Å². The Bertz CT molecular complexity index is 1210. The Kier molecular flexibility index (Phi) is 7.42. The second kappa shape index (κ2) is 11.0. The molecule has 0 spiro atoms. The van der Waals surface area contributed by atoms with Crippen LogP contribution in [0.25, 0.3) is 0 Å². The van der Waals surface area contributed by atoms with Gasteiger partial charge in [-0.05, 0) is 32.0 Å². The molecule has 0 heterocycles. The van der Waals surface area contributed by atoms with Gasteiger partial charge in [0.25, 0.3) is 8.32 Å². The second-order valence-electron chi connectivity index (χ2n) is 9.04. The summed E-state index contributed by atoms with van der Waals surface area (Å²) in [5.74, 6) is 0. The smallest absolute Gasteiger partial charge is 0.278 e. The average Bonchev–Trinajstić information content (AvgIpc) is 2.98. The molecule has 5 rings (SSSR count). The normalized spacial score (nSPS) is 11.8. The molecule has 0 N–H and O–H groups in total. The lowest BCUT2D eigenvalue weighted by molar-refractivity contribution is 0.582. The lowest BCUT2D eigenvalue weighted by Gasteiger charge is -2.43. The summed E-state index contributed by atoms with van der Waals surface area (Å²) in [6.45, 7) is 4.34. The van der Waals surface area contributed by atoms with Crippen molar-refractivity contribution in [1.82, 2.24) is 0 Å².